The molecule has 0 amide bonds. The maximum atomic E-state index is 10.8. The lowest BCUT2D eigenvalue weighted by molar-refractivity contribution is -0.136. The van der Waals surface area contributed by atoms with Gasteiger partial charge in [-0.3, -0.25) is 4.79 Å². The SMILES string of the molecule is Cc1nc(Nc2ccc(CC(=O)O)cc2)c2c3c(sc2n1)CC(C)CC3. The van der Waals surface area contributed by atoms with Crippen LogP contribution in [0.2, 0.25) is 0 Å². The van der Waals surface area contributed by atoms with Crippen LogP contribution < -0.4 is 5.32 Å². The lowest BCUT2D eigenvalue weighted by Crippen LogP contribution is -2.09. The summed E-state index contributed by atoms with van der Waals surface area (Å²) in [6.07, 6.45) is 3.44. The summed E-state index contributed by atoms with van der Waals surface area (Å²) in [6.45, 7) is 4.23. The minimum absolute atomic E-state index is 0.0351. The smallest absolute Gasteiger partial charge is 0.307 e. The summed E-state index contributed by atoms with van der Waals surface area (Å²) in [4.78, 5) is 22.6. The highest BCUT2D eigenvalue weighted by molar-refractivity contribution is 7.19. The number of nitrogens with zero attached hydrogens (tertiary/aromatic N) is 2. The number of nitrogens with one attached hydrogen (secondary N) is 1. The van der Waals surface area contributed by atoms with Crippen LogP contribution in [-0.2, 0) is 24.1 Å². The number of anilines is 2. The fourth-order valence-corrected chi connectivity index (χ4v) is 4.98. The van der Waals surface area contributed by atoms with E-state index in [1.807, 2.05) is 31.2 Å². The number of fused-ring (bicyclic) bond motifs is 3. The first-order chi connectivity index (χ1) is 12.5. The maximum absolute atomic E-state index is 10.8. The van der Waals surface area contributed by atoms with Crippen molar-refractivity contribution in [1.82, 2.24) is 9.97 Å². The van der Waals surface area contributed by atoms with E-state index >= 15 is 0 Å². The third-order valence-electron chi connectivity index (χ3n) is 4.84. The van der Waals surface area contributed by atoms with E-state index in [0.717, 1.165) is 51.9 Å². The summed E-state index contributed by atoms with van der Waals surface area (Å²) in [5.41, 5.74) is 3.09. The molecule has 134 valence electrons. The molecule has 1 aromatic carbocycles. The molecule has 2 heterocycles. The van der Waals surface area contributed by atoms with Gasteiger partial charge >= 0.3 is 5.97 Å². The summed E-state index contributed by atoms with van der Waals surface area (Å²) in [5.74, 6) is 1.51. The topological polar surface area (TPSA) is 75.1 Å². The standard InChI is InChI=1S/C20H21N3O2S/c1-11-3-8-15-16(9-11)26-20-18(15)19(21-12(2)22-20)23-14-6-4-13(5-7-14)10-17(24)25/h4-7,11H,3,8-10H2,1-2H3,(H,24,25)(H,21,22,23). The predicted octanol–water partition coefficient (Wildman–Crippen LogP) is 4.50. The second-order valence-electron chi connectivity index (χ2n) is 7.04. The highest BCUT2D eigenvalue weighted by Crippen LogP contribution is 2.40. The van der Waals surface area contributed by atoms with Crippen LogP contribution in [0.25, 0.3) is 10.2 Å². The van der Waals surface area contributed by atoms with Crippen LogP contribution in [0.4, 0.5) is 11.5 Å². The van der Waals surface area contributed by atoms with E-state index in [4.69, 9.17) is 5.11 Å². The number of hydrogen-bond acceptors (Lipinski definition) is 5. The van der Waals surface area contributed by atoms with Crippen LogP contribution in [0, 0.1) is 12.8 Å². The zero-order valence-corrected chi connectivity index (χ0v) is 15.7. The molecular weight excluding hydrogens is 346 g/mol. The summed E-state index contributed by atoms with van der Waals surface area (Å²) >= 11 is 1.80. The van der Waals surface area contributed by atoms with Gasteiger partial charge in [-0.2, -0.15) is 0 Å². The van der Waals surface area contributed by atoms with E-state index in [1.165, 1.54) is 16.9 Å². The van der Waals surface area contributed by atoms with Crippen molar-refractivity contribution >= 4 is 39.0 Å². The van der Waals surface area contributed by atoms with Crippen LogP contribution in [0.3, 0.4) is 0 Å². The van der Waals surface area contributed by atoms with Gasteiger partial charge in [0.15, 0.2) is 0 Å². The summed E-state index contributed by atoms with van der Waals surface area (Å²) < 4.78 is 0. The molecular formula is C20H21N3O2S. The molecule has 5 nitrogen and oxygen atoms in total. The Morgan fingerprint density at radius 2 is 2.08 bits per heavy atom. The van der Waals surface area contributed by atoms with E-state index < -0.39 is 5.97 Å². The minimum Gasteiger partial charge on any atom is -0.481 e. The number of hydrogen-bond donors (Lipinski definition) is 2. The van der Waals surface area contributed by atoms with Crippen molar-refractivity contribution in [1.29, 1.82) is 0 Å². The molecule has 4 rings (SSSR count). The lowest BCUT2D eigenvalue weighted by atomic mass is 9.89. The second-order valence-corrected chi connectivity index (χ2v) is 8.13. The van der Waals surface area contributed by atoms with Gasteiger partial charge < -0.3 is 10.4 Å². The first kappa shape index (κ1) is 17.0. The Morgan fingerprint density at radius 3 is 2.81 bits per heavy atom. The fourth-order valence-electron chi connectivity index (χ4n) is 3.56. The zero-order valence-electron chi connectivity index (χ0n) is 14.9. The molecule has 1 aliphatic rings. The summed E-state index contributed by atoms with van der Waals surface area (Å²) in [6, 6.07) is 7.49. The number of thiophene rings is 1. The molecule has 0 saturated heterocycles. The Balaban J connectivity index is 1.71. The van der Waals surface area contributed by atoms with Crippen molar-refractivity contribution < 1.29 is 9.90 Å². The van der Waals surface area contributed by atoms with Crippen molar-refractivity contribution in [3.63, 3.8) is 0 Å². The Hall–Kier alpha value is -2.47. The van der Waals surface area contributed by atoms with E-state index in [9.17, 15) is 4.79 Å². The molecule has 26 heavy (non-hydrogen) atoms. The van der Waals surface area contributed by atoms with Crippen LogP contribution in [-0.4, -0.2) is 21.0 Å². The third kappa shape index (κ3) is 3.29. The number of rotatable bonds is 4. The Morgan fingerprint density at radius 1 is 1.31 bits per heavy atom. The summed E-state index contributed by atoms with van der Waals surface area (Å²) in [5, 5.41) is 13.5. The van der Waals surface area contributed by atoms with Gasteiger partial charge in [-0.15, -0.1) is 11.3 Å². The monoisotopic (exact) mass is 367 g/mol. The van der Waals surface area contributed by atoms with Crippen molar-refractivity contribution in [2.75, 3.05) is 5.32 Å². The molecule has 2 N–H and O–H groups in total. The molecule has 2 aromatic heterocycles. The molecule has 1 unspecified atom stereocenters. The van der Waals surface area contributed by atoms with Gasteiger partial charge in [0.1, 0.15) is 16.5 Å². The molecule has 0 radical (unpaired) electrons. The number of aromatic nitrogens is 2. The molecule has 1 atom stereocenters. The fraction of sp³-hybridized carbons (Fsp3) is 0.350. The predicted molar refractivity (Wildman–Crippen MR) is 104 cm³/mol. The summed E-state index contributed by atoms with van der Waals surface area (Å²) in [7, 11) is 0. The second kappa shape index (κ2) is 6.68. The lowest BCUT2D eigenvalue weighted by Gasteiger charge is -2.18. The van der Waals surface area contributed by atoms with Gasteiger partial charge in [-0.1, -0.05) is 19.1 Å². The first-order valence-electron chi connectivity index (χ1n) is 8.86. The van der Waals surface area contributed by atoms with Crippen molar-refractivity contribution in [3.8, 4) is 0 Å². The molecule has 0 fully saturated rings. The Bertz CT molecular complexity index is 979. The van der Waals surface area contributed by atoms with Crippen LogP contribution in [0.1, 0.15) is 35.2 Å². The molecule has 3 aromatic rings. The highest BCUT2D eigenvalue weighted by atomic mass is 32.1. The van der Waals surface area contributed by atoms with Crippen molar-refractivity contribution in [3.05, 3.63) is 46.1 Å². The number of carboxylic acid groups (broad SMARTS) is 1. The van der Waals surface area contributed by atoms with Crippen LogP contribution in [0.15, 0.2) is 24.3 Å². The van der Waals surface area contributed by atoms with Crippen molar-refractivity contribution in [2.45, 2.75) is 39.5 Å². The Labute approximate surface area is 156 Å². The number of carbonyl (C=O) groups is 1. The van der Waals surface area contributed by atoms with Gasteiger partial charge in [0, 0.05) is 10.6 Å². The third-order valence-corrected chi connectivity index (χ3v) is 5.99. The maximum Gasteiger partial charge on any atom is 0.307 e. The largest absolute Gasteiger partial charge is 0.481 e. The van der Waals surface area contributed by atoms with E-state index in [2.05, 4.69) is 22.2 Å². The Kier molecular flexibility index (Phi) is 4.36. The van der Waals surface area contributed by atoms with Gasteiger partial charge in [0.2, 0.25) is 0 Å². The highest BCUT2D eigenvalue weighted by Gasteiger charge is 2.23. The van der Waals surface area contributed by atoms with Crippen LogP contribution in [0.5, 0.6) is 0 Å². The molecule has 0 aliphatic heterocycles. The van der Waals surface area contributed by atoms with Gasteiger partial charge in [0.25, 0.3) is 0 Å². The number of benzene rings is 1. The van der Waals surface area contributed by atoms with Gasteiger partial charge in [-0.05, 0) is 55.4 Å². The average Bonchev–Trinajstić information content (AvgIpc) is 2.93. The van der Waals surface area contributed by atoms with Crippen LogP contribution >= 0.6 is 11.3 Å². The number of aliphatic carboxylic acids is 1. The van der Waals surface area contributed by atoms with Gasteiger partial charge in [0.05, 0.1) is 11.8 Å². The molecule has 1 aliphatic carbocycles. The normalized spacial score (nSPS) is 16.5. The van der Waals surface area contributed by atoms with E-state index in [0.29, 0.717) is 0 Å². The molecule has 6 heteroatoms. The molecule has 0 spiro atoms. The quantitative estimate of drug-likeness (QED) is 0.710. The molecule has 0 saturated carbocycles. The van der Waals surface area contributed by atoms with Crippen molar-refractivity contribution in [2.24, 2.45) is 5.92 Å². The average molecular weight is 367 g/mol. The first-order valence-corrected chi connectivity index (χ1v) is 9.68. The van der Waals surface area contributed by atoms with E-state index in [-0.39, 0.29) is 6.42 Å². The number of carboxylic acids is 1. The van der Waals surface area contributed by atoms with Gasteiger partial charge in [-0.25, -0.2) is 9.97 Å². The molecule has 0 bridgehead atoms. The van der Waals surface area contributed by atoms with E-state index in [1.54, 1.807) is 11.3 Å². The number of aryl methyl sites for hydroxylation is 2. The minimum atomic E-state index is -0.821. The zero-order chi connectivity index (χ0) is 18.3.